The van der Waals surface area contributed by atoms with Crippen LogP contribution in [-0.2, 0) is 6.42 Å². The van der Waals surface area contributed by atoms with Crippen LogP contribution in [0.1, 0.15) is 74.5 Å². The van der Waals surface area contributed by atoms with Gasteiger partial charge in [-0.25, -0.2) is 9.37 Å². The Morgan fingerprint density at radius 2 is 2.00 bits per heavy atom. The van der Waals surface area contributed by atoms with E-state index in [1.54, 1.807) is 0 Å². The molecule has 186 valence electrons. The number of carbonyl (C=O) groups is 1. The highest BCUT2D eigenvalue weighted by Crippen LogP contribution is 2.39. The van der Waals surface area contributed by atoms with Crippen LogP contribution in [-0.4, -0.2) is 32.8 Å². The SMILES string of the molecule is CCCc1nn(C2CC2)c2ccc(Nc3nc(N[C@H](CC4CC4)[C@H](C)N)c(F)cc3C(N)=O)cc12. The third-order valence-corrected chi connectivity index (χ3v) is 6.91. The summed E-state index contributed by atoms with van der Waals surface area (Å²) >= 11 is 0. The number of nitrogens with two attached hydrogens (primary N) is 2. The van der Waals surface area contributed by atoms with Gasteiger partial charge in [0.1, 0.15) is 5.82 Å². The Bertz CT molecular complexity index is 1250. The fourth-order valence-electron chi connectivity index (χ4n) is 4.60. The van der Waals surface area contributed by atoms with Crippen LogP contribution in [0.25, 0.3) is 10.9 Å². The number of aromatic nitrogens is 3. The van der Waals surface area contributed by atoms with Gasteiger partial charge < -0.3 is 22.1 Å². The Kier molecular flexibility index (Phi) is 6.35. The molecular weight excluding hydrogens is 445 g/mol. The quantitative estimate of drug-likeness (QED) is 0.318. The molecule has 2 fully saturated rings. The number of rotatable bonds is 11. The average molecular weight is 480 g/mol. The van der Waals surface area contributed by atoms with Crippen molar-refractivity contribution in [1.29, 1.82) is 0 Å². The van der Waals surface area contributed by atoms with Gasteiger partial charge in [0.15, 0.2) is 11.6 Å². The van der Waals surface area contributed by atoms with Crippen molar-refractivity contribution in [3.63, 3.8) is 0 Å². The van der Waals surface area contributed by atoms with E-state index in [-0.39, 0.29) is 29.3 Å². The number of amides is 1. The lowest BCUT2D eigenvalue weighted by Crippen LogP contribution is -2.39. The topological polar surface area (TPSA) is 124 Å². The Labute approximate surface area is 204 Å². The Morgan fingerprint density at radius 3 is 2.63 bits per heavy atom. The smallest absolute Gasteiger partial charge is 0.252 e. The van der Waals surface area contributed by atoms with Crippen LogP contribution < -0.4 is 22.1 Å². The first kappa shape index (κ1) is 23.5. The largest absolute Gasteiger partial charge is 0.365 e. The van der Waals surface area contributed by atoms with E-state index in [0.717, 1.165) is 60.5 Å². The van der Waals surface area contributed by atoms with E-state index in [2.05, 4.69) is 27.2 Å². The molecule has 8 nitrogen and oxygen atoms in total. The number of benzene rings is 1. The number of carbonyl (C=O) groups excluding carboxylic acids is 1. The zero-order valence-corrected chi connectivity index (χ0v) is 20.4. The molecule has 5 rings (SSSR count). The number of pyridine rings is 1. The molecule has 35 heavy (non-hydrogen) atoms. The summed E-state index contributed by atoms with van der Waals surface area (Å²) in [4.78, 5) is 16.6. The highest BCUT2D eigenvalue weighted by atomic mass is 19.1. The molecule has 9 heteroatoms. The summed E-state index contributed by atoms with van der Waals surface area (Å²) in [6.07, 6.45) is 7.40. The maximum absolute atomic E-state index is 14.9. The normalized spacial score (nSPS) is 17.4. The van der Waals surface area contributed by atoms with Crippen molar-refractivity contribution in [1.82, 2.24) is 14.8 Å². The van der Waals surface area contributed by atoms with Crippen LogP contribution in [0.2, 0.25) is 0 Å². The Morgan fingerprint density at radius 1 is 1.23 bits per heavy atom. The molecule has 2 heterocycles. The first-order valence-electron chi connectivity index (χ1n) is 12.6. The summed E-state index contributed by atoms with van der Waals surface area (Å²) in [6.45, 7) is 4.04. The number of primary amides is 1. The number of hydrogen-bond acceptors (Lipinski definition) is 6. The minimum Gasteiger partial charge on any atom is -0.365 e. The number of halogens is 1. The lowest BCUT2D eigenvalue weighted by Gasteiger charge is -2.24. The van der Waals surface area contributed by atoms with E-state index in [0.29, 0.717) is 12.0 Å². The van der Waals surface area contributed by atoms with Crippen molar-refractivity contribution in [3.8, 4) is 0 Å². The number of hydrogen-bond donors (Lipinski definition) is 4. The second-order valence-electron chi connectivity index (χ2n) is 10.1. The minimum absolute atomic E-state index is 0.00450. The lowest BCUT2D eigenvalue weighted by molar-refractivity contribution is 0.100. The molecule has 6 N–H and O–H groups in total. The number of anilines is 3. The molecule has 2 aromatic heterocycles. The molecule has 0 unspecified atom stereocenters. The van der Waals surface area contributed by atoms with Crippen LogP contribution in [0.5, 0.6) is 0 Å². The molecule has 2 aliphatic carbocycles. The van der Waals surface area contributed by atoms with Gasteiger partial charge in [-0.3, -0.25) is 9.48 Å². The first-order chi connectivity index (χ1) is 16.8. The zero-order chi connectivity index (χ0) is 24.7. The summed E-state index contributed by atoms with van der Waals surface area (Å²) < 4.78 is 17.1. The van der Waals surface area contributed by atoms with Gasteiger partial charge in [-0.2, -0.15) is 5.10 Å². The van der Waals surface area contributed by atoms with Crippen molar-refractivity contribution in [2.45, 2.75) is 76.9 Å². The van der Waals surface area contributed by atoms with Crippen LogP contribution >= 0.6 is 0 Å². The standard InChI is InChI=1S/C26H34FN7O/c1-3-4-21-18-12-16(7-10-23(18)34(33-21)17-8-9-17)30-25-19(24(29)35)13-20(27)26(32-25)31-22(14(2)28)11-15-5-6-15/h7,10,12-15,17,22H,3-6,8-9,11,28H2,1-2H3,(H2,29,35)(H2,30,31,32)/t14-,22+/m0/s1. The highest BCUT2D eigenvalue weighted by molar-refractivity contribution is 5.99. The van der Waals surface area contributed by atoms with Gasteiger partial charge in [0.2, 0.25) is 0 Å². The molecule has 2 atom stereocenters. The van der Waals surface area contributed by atoms with Crippen molar-refractivity contribution >= 4 is 34.1 Å². The van der Waals surface area contributed by atoms with Crippen molar-refractivity contribution in [3.05, 3.63) is 41.3 Å². The van der Waals surface area contributed by atoms with E-state index in [9.17, 15) is 9.18 Å². The Balaban J connectivity index is 1.47. The third-order valence-electron chi connectivity index (χ3n) is 6.91. The maximum Gasteiger partial charge on any atom is 0.252 e. The molecular formula is C26H34FN7O. The predicted octanol–water partition coefficient (Wildman–Crippen LogP) is 4.63. The fraction of sp³-hybridized carbons (Fsp3) is 0.500. The van der Waals surface area contributed by atoms with Gasteiger partial charge >= 0.3 is 0 Å². The maximum atomic E-state index is 14.9. The van der Waals surface area contributed by atoms with Crippen molar-refractivity contribution < 1.29 is 9.18 Å². The molecule has 2 aliphatic rings. The fourth-order valence-corrected chi connectivity index (χ4v) is 4.60. The Hall–Kier alpha value is -3.20. The van der Waals surface area contributed by atoms with Crippen LogP contribution in [0.3, 0.4) is 0 Å². The van der Waals surface area contributed by atoms with Gasteiger partial charge in [-0.05, 0) is 62.8 Å². The van der Waals surface area contributed by atoms with Gasteiger partial charge in [0.25, 0.3) is 5.91 Å². The summed E-state index contributed by atoms with van der Waals surface area (Å²) in [5.41, 5.74) is 14.6. The van der Waals surface area contributed by atoms with E-state index in [1.807, 2.05) is 25.1 Å². The summed E-state index contributed by atoms with van der Waals surface area (Å²) in [5.74, 6) is -0.486. The van der Waals surface area contributed by atoms with Gasteiger partial charge in [-0.1, -0.05) is 26.2 Å². The number of nitrogens with one attached hydrogen (secondary N) is 2. The number of nitrogens with zero attached hydrogens (tertiary/aromatic N) is 3. The molecule has 3 aromatic rings. The molecule has 0 bridgehead atoms. The molecule has 0 spiro atoms. The van der Waals surface area contributed by atoms with Crippen LogP contribution in [0, 0.1) is 11.7 Å². The van der Waals surface area contributed by atoms with Gasteiger partial charge in [0.05, 0.1) is 22.8 Å². The van der Waals surface area contributed by atoms with E-state index in [4.69, 9.17) is 16.6 Å². The van der Waals surface area contributed by atoms with Gasteiger partial charge in [-0.15, -0.1) is 0 Å². The van der Waals surface area contributed by atoms with E-state index in [1.165, 1.54) is 12.8 Å². The molecule has 2 saturated carbocycles. The van der Waals surface area contributed by atoms with E-state index < -0.39 is 11.7 Å². The minimum atomic E-state index is -0.749. The first-order valence-corrected chi connectivity index (χ1v) is 12.6. The molecule has 1 aromatic carbocycles. The third kappa shape index (κ3) is 5.10. The number of fused-ring (bicyclic) bond motifs is 1. The average Bonchev–Trinajstić information content (AvgIpc) is 3.74. The molecule has 0 saturated heterocycles. The predicted molar refractivity (Wildman–Crippen MR) is 136 cm³/mol. The monoisotopic (exact) mass is 479 g/mol. The second-order valence-corrected chi connectivity index (χ2v) is 10.1. The van der Waals surface area contributed by atoms with Crippen LogP contribution in [0.15, 0.2) is 24.3 Å². The molecule has 1 amide bonds. The summed E-state index contributed by atoms with van der Waals surface area (Å²) in [6, 6.07) is 7.32. The van der Waals surface area contributed by atoms with Gasteiger partial charge in [0, 0.05) is 23.2 Å². The van der Waals surface area contributed by atoms with Crippen molar-refractivity contribution in [2.75, 3.05) is 10.6 Å². The van der Waals surface area contributed by atoms with Crippen LogP contribution in [0.4, 0.5) is 21.7 Å². The zero-order valence-electron chi connectivity index (χ0n) is 20.4. The van der Waals surface area contributed by atoms with Crippen molar-refractivity contribution in [2.24, 2.45) is 17.4 Å². The molecule has 0 radical (unpaired) electrons. The second kappa shape index (κ2) is 9.45. The van der Waals surface area contributed by atoms with E-state index >= 15 is 0 Å². The molecule has 0 aliphatic heterocycles. The summed E-state index contributed by atoms with van der Waals surface area (Å²) in [5, 5.41) is 12.3. The number of aryl methyl sites for hydroxylation is 1. The highest BCUT2D eigenvalue weighted by Gasteiger charge is 2.29. The lowest BCUT2D eigenvalue weighted by atomic mass is 10.0. The summed E-state index contributed by atoms with van der Waals surface area (Å²) in [7, 11) is 0.